The Kier molecular flexibility index (Phi) is 8.02. The van der Waals surface area contributed by atoms with Crippen LogP contribution in [0.2, 0.25) is 5.02 Å². The molecule has 0 atom stereocenters. The number of rotatable bonds is 7. The van der Waals surface area contributed by atoms with Gasteiger partial charge in [0.1, 0.15) is 6.54 Å². The molecule has 3 aromatic rings. The van der Waals surface area contributed by atoms with Crippen LogP contribution in [0.15, 0.2) is 46.9 Å². The molecular weight excluding hydrogens is 497 g/mol. The van der Waals surface area contributed by atoms with Gasteiger partial charge in [0, 0.05) is 45.0 Å². The Bertz CT molecular complexity index is 1220. The number of aryl methyl sites for hydroxylation is 1. The molecule has 2 saturated heterocycles. The summed E-state index contributed by atoms with van der Waals surface area (Å²) in [6.07, 6.45) is 2.85. The van der Waals surface area contributed by atoms with Crippen LogP contribution in [0.4, 0.5) is 33.2 Å². The van der Waals surface area contributed by atoms with Crippen molar-refractivity contribution in [3.63, 3.8) is 0 Å². The number of benzene rings is 1. The molecule has 2 aliphatic rings. The summed E-state index contributed by atoms with van der Waals surface area (Å²) in [7, 11) is 0. The Labute approximate surface area is 219 Å². The quantitative estimate of drug-likeness (QED) is 0.441. The Morgan fingerprint density at radius 2 is 1.89 bits per heavy atom. The molecule has 0 spiro atoms. The van der Waals surface area contributed by atoms with Crippen molar-refractivity contribution >= 4 is 40.4 Å². The van der Waals surface area contributed by atoms with Crippen LogP contribution in [0.1, 0.15) is 11.3 Å². The summed E-state index contributed by atoms with van der Waals surface area (Å²) in [5.74, 6) is -0.161. The van der Waals surface area contributed by atoms with E-state index in [1.54, 1.807) is 6.20 Å². The summed E-state index contributed by atoms with van der Waals surface area (Å²) >= 11 is 6.64. The molecule has 2 fully saturated rings. The van der Waals surface area contributed by atoms with Crippen LogP contribution in [0.25, 0.3) is 0 Å². The predicted molar refractivity (Wildman–Crippen MR) is 142 cm³/mol. The van der Waals surface area contributed by atoms with E-state index >= 15 is 0 Å². The largest absolute Gasteiger partial charge is 0.378 e. The molecule has 5 rings (SSSR count). The van der Waals surface area contributed by atoms with Crippen LogP contribution >= 0.6 is 11.6 Å². The van der Waals surface area contributed by atoms with Gasteiger partial charge in [0.2, 0.25) is 0 Å². The highest BCUT2D eigenvalue weighted by Crippen LogP contribution is 2.33. The Balaban J connectivity index is 1.20. The van der Waals surface area contributed by atoms with Gasteiger partial charge in [0.05, 0.1) is 47.7 Å². The summed E-state index contributed by atoms with van der Waals surface area (Å²) < 4.78 is 19.5. The number of aromatic nitrogens is 3. The number of ether oxygens (including phenoxy) is 1. The fourth-order valence-corrected chi connectivity index (χ4v) is 4.60. The SMILES string of the molecule is Cc1cc(N2CCNCC2)cc(Cl)c1Nc1ccc(CN=Nc2ncc(F)c(N3CCOCC3)n2)nc1. The number of anilines is 4. The molecule has 10 nitrogen and oxygen atoms in total. The van der Waals surface area contributed by atoms with Gasteiger partial charge in [-0.25, -0.2) is 9.37 Å². The number of halogens is 2. The zero-order chi connectivity index (χ0) is 25.6. The predicted octanol–water partition coefficient (Wildman–Crippen LogP) is 4.25. The second kappa shape index (κ2) is 11.8. The molecule has 2 aromatic heterocycles. The highest BCUT2D eigenvalue weighted by Gasteiger charge is 2.18. The molecule has 2 N–H and O–H groups in total. The van der Waals surface area contributed by atoms with Crippen molar-refractivity contribution in [3.05, 3.63) is 58.8 Å². The number of hydrogen-bond donors (Lipinski definition) is 2. The first-order valence-electron chi connectivity index (χ1n) is 12.3. The molecule has 194 valence electrons. The Morgan fingerprint density at radius 1 is 1.08 bits per heavy atom. The van der Waals surface area contributed by atoms with Gasteiger partial charge < -0.3 is 25.2 Å². The maximum absolute atomic E-state index is 14.2. The maximum atomic E-state index is 14.2. The highest BCUT2D eigenvalue weighted by molar-refractivity contribution is 6.33. The summed E-state index contributed by atoms with van der Waals surface area (Å²) in [6, 6.07) is 7.95. The van der Waals surface area contributed by atoms with E-state index in [-0.39, 0.29) is 18.3 Å². The number of morpholine rings is 1. The molecule has 0 bridgehead atoms. The van der Waals surface area contributed by atoms with Crippen LogP contribution in [0.5, 0.6) is 0 Å². The van der Waals surface area contributed by atoms with E-state index in [0.29, 0.717) is 31.3 Å². The zero-order valence-electron chi connectivity index (χ0n) is 20.6. The standard InChI is InChI=1S/C25H29ClFN9O/c1-17-12-20(35-6-4-28-5-7-35)13-21(26)23(17)32-19-3-2-18(29-14-19)15-31-34-25-30-16-22(27)24(33-25)36-8-10-37-11-9-36/h2-3,12-14,16,28,32H,4-11,15H2,1H3. The van der Waals surface area contributed by atoms with Gasteiger partial charge in [-0.1, -0.05) is 11.6 Å². The smallest absolute Gasteiger partial charge is 0.270 e. The average molecular weight is 526 g/mol. The summed E-state index contributed by atoms with van der Waals surface area (Å²) in [5, 5.41) is 15.6. The van der Waals surface area contributed by atoms with Gasteiger partial charge in [-0.2, -0.15) is 10.1 Å². The number of nitrogens with zero attached hydrogens (tertiary/aromatic N) is 7. The highest BCUT2D eigenvalue weighted by atomic mass is 35.5. The second-order valence-electron chi connectivity index (χ2n) is 8.86. The molecule has 37 heavy (non-hydrogen) atoms. The molecule has 0 aliphatic carbocycles. The lowest BCUT2D eigenvalue weighted by Gasteiger charge is -2.30. The fraction of sp³-hybridized carbons (Fsp3) is 0.400. The number of pyridine rings is 1. The summed E-state index contributed by atoms with van der Waals surface area (Å²) in [4.78, 5) is 16.8. The van der Waals surface area contributed by atoms with E-state index in [2.05, 4.69) is 46.8 Å². The second-order valence-corrected chi connectivity index (χ2v) is 9.27. The minimum Gasteiger partial charge on any atom is -0.378 e. The molecule has 4 heterocycles. The molecule has 0 unspecified atom stereocenters. The minimum absolute atomic E-state index is 0.107. The maximum Gasteiger partial charge on any atom is 0.270 e. The van der Waals surface area contributed by atoms with Crippen molar-refractivity contribution < 1.29 is 9.13 Å². The van der Waals surface area contributed by atoms with Gasteiger partial charge in [-0.15, -0.1) is 5.11 Å². The van der Waals surface area contributed by atoms with Crippen molar-refractivity contribution in [2.45, 2.75) is 13.5 Å². The fourth-order valence-electron chi connectivity index (χ4n) is 4.29. The molecule has 2 aliphatic heterocycles. The third-order valence-corrected chi connectivity index (χ3v) is 6.56. The number of nitrogens with one attached hydrogen (secondary N) is 2. The lowest BCUT2D eigenvalue weighted by Crippen LogP contribution is -2.43. The van der Waals surface area contributed by atoms with E-state index in [1.807, 2.05) is 30.0 Å². The van der Waals surface area contributed by atoms with Gasteiger partial charge >= 0.3 is 0 Å². The van der Waals surface area contributed by atoms with Gasteiger partial charge in [0.15, 0.2) is 11.6 Å². The summed E-state index contributed by atoms with van der Waals surface area (Å²) in [6.45, 7) is 8.37. The minimum atomic E-state index is -0.487. The normalized spacial score (nSPS) is 16.4. The van der Waals surface area contributed by atoms with Crippen LogP contribution in [0.3, 0.4) is 0 Å². The molecule has 0 radical (unpaired) electrons. The average Bonchev–Trinajstić information content (AvgIpc) is 2.93. The van der Waals surface area contributed by atoms with Crippen LogP contribution in [-0.2, 0) is 11.3 Å². The van der Waals surface area contributed by atoms with E-state index in [1.165, 1.54) is 0 Å². The van der Waals surface area contributed by atoms with Crippen molar-refractivity contribution in [2.24, 2.45) is 10.2 Å². The van der Waals surface area contributed by atoms with Gasteiger partial charge in [-0.3, -0.25) is 4.98 Å². The van der Waals surface area contributed by atoms with Gasteiger partial charge in [0.25, 0.3) is 5.95 Å². The lowest BCUT2D eigenvalue weighted by molar-refractivity contribution is 0.122. The third-order valence-electron chi connectivity index (χ3n) is 6.26. The number of azo groups is 1. The first kappa shape index (κ1) is 25.2. The number of piperazine rings is 1. The van der Waals surface area contributed by atoms with Crippen LogP contribution < -0.4 is 20.4 Å². The summed E-state index contributed by atoms with van der Waals surface area (Å²) in [5.41, 5.74) is 4.60. The first-order valence-corrected chi connectivity index (χ1v) is 12.6. The molecule has 1 aromatic carbocycles. The van der Waals surface area contributed by atoms with Crippen LogP contribution in [-0.4, -0.2) is 67.4 Å². The lowest BCUT2D eigenvalue weighted by atomic mass is 10.1. The van der Waals surface area contributed by atoms with Crippen molar-refractivity contribution in [1.82, 2.24) is 20.3 Å². The topological polar surface area (TPSA) is 103 Å². The Hall–Kier alpha value is -3.41. The van der Waals surface area contributed by atoms with Crippen LogP contribution in [0, 0.1) is 12.7 Å². The zero-order valence-corrected chi connectivity index (χ0v) is 21.4. The third kappa shape index (κ3) is 6.30. The van der Waals surface area contributed by atoms with E-state index in [0.717, 1.165) is 60.7 Å². The van der Waals surface area contributed by atoms with Crippen molar-refractivity contribution in [2.75, 3.05) is 67.6 Å². The van der Waals surface area contributed by atoms with Gasteiger partial charge in [-0.05, 0) is 36.8 Å². The molecule has 12 heteroatoms. The van der Waals surface area contributed by atoms with E-state index < -0.39 is 5.82 Å². The van der Waals surface area contributed by atoms with Crippen molar-refractivity contribution in [3.8, 4) is 0 Å². The van der Waals surface area contributed by atoms with Crippen molar-refractivity contribution in [1.29, 1.82) is 0 Å². The first-order chi connectivity index (χ1) is 18.1. The Morgan fingerprint density at radius 3 is 2.62 bits per heavy atom. The molecular formula is C25H29ClFN9O. The van der Waals surface area contributed by atoms with E-state index in [9.17, 15) is 4.39 Å². The molecule has 0 amide bonds. The monoisotopic (exact) mass is 525 g/mol. The van der Waals surface area contributed by atoms with E-state index in [4.69, 9.17) is 16.3 Å². The number of hydrogen-bond acceptors (Lipinski definition) is 10. The molecule has 0 saturated carbocycles.